The van der Waals surface area contributed by atoms with E-state index in [0.29, 0.717) is 6.54 Å². The second-order valence-corrected chi connectivity index (χ2v) is 3.42. The Morgan fingerprint density at radius 2 is 2.20 bits per heavy atom. The van der Waals surface area contributed by atoms with Crippen LogP contribution in [0.25, 0.3) is 0 Å². The number of benzene rings is 1. The molecule has 1 atom stereocenters. The van der Waals surface area contributed by atoms with Crippen LogP contribution in [0.15, 0.2) is 18.2 Å². The summed E-state index contributed by atoms with van der Waals surface area (Å²) in [6.07, 6.45) is -0.754. The molecule has 4 nitrogen and oxygen atoms in total. The van der Waals surface area contributed by atoms with E-state index in [1.54, 1.807) is 7.11 Å². The molecule has 4 heteroatoms. The number of nitrogens with one attached hydrogen (secondary N) is 1. The van der Waals surface area contributed by atoms with Crippen LogP contribution >= 0.6 is 0 Å². The summed E-state index contributed by atoms with van der Waals surface area (Å²) in [6.45, 7) is 2.03. The normalized spacial score (nSPS) is 12.3. The lowest BCUT2D eigenvalue weighted by Crippen LogP contribution is -2.23. The molecule has 1 aromatic rings. The summed E-state index contributed by atoms with van der Waals surface area (Å²) in [5, 5.41) is 20.9. The highest BCUT2D eigenvalue weighted by atomic mass is 16.5. The van der Waals surface area contributed by atoms with Gasteiger partial charge in [0.25, 0.3) is 0 Å². The van der Waals surface area contributed by atoms with Crippen molar-refractivity contribution < 1.29 is 14.9 Å². The number of ether oxygens (including phenoxy) is 1. The highest BCUT2D eigenvalue weighted by Crippen LogP contribution is 2.24. The maximum Gasteiger partial charge on any atom is 0.141 e. The number of aliphatic hydroxyl groups excluding tert-OH is 2. The van der Waals surface area contributed by atoms with Gasteiger partial charge in [0.15, 0.2) is 0 Å². The van der Waals surface area contributed by atoms with Gasteiger partial charge in [-0.1, -0.05) is 6.07 Å². The summed E-state index contributed by atoms with van der Waals surface area (Å²) in [5.41, 5.74) is 1.93. The second-order valence-electron chi connectivity index (χ2n) is 3.42. The molecule has 0 saturated carbocycles. The number of aryl methyl sites for hydroxylation is 1. The Morgan fingerprint density at radius 3 is 2.80 bits per heavy atom. The minimum Gasteiger partial charge on any atom is -0.495 e. The van der Waals surface area contributed by atoms with Gasteiger partial charge in [0.1, 0.15) is 5.75 Å². The Kier molecular flexibility index (Phi) is 4.39. The first kappa shape index (κ1) is 11.8. The molecule has 0 amide bonds. The van der Waals surface area contributed by atoms with Crippen molar-refractivity contribution in [3.05, 3.63) is 23.8 Å². The van der Waals surface area contributed by atoms with E-state index < -0.39 is 6.10 Å². The third-order valence-electron chi connectivity index (χ3n) is 2.09. The van der Waals surface area contributed by atoms with Gasteiger partial charge in [-0.3, -0.25) is 0 Å². The van der Waals surface area contributed by atoms with Crippen molar-refractivity contribution >= 4 is 5.69 Å². The van der Waals surface area contributed by atoms with E-state index in [9.17, 15) is 5.11 Å². The van der Waals surface area contributed by atoms with Crippen molar-refractivity contribution in [1.82, 2.24) is 0 Å². The van der Waals surface area contributed by atoms with Crippen LogP contribution in [0.4, 0.5) is 5.69 Å². The summed E-state index contributed by atoms with van der Waals surface area (Å²) in [4.78, 5) is 0. The fourth-order valence-corrected chi connectivity index (χ4v) is 1.25. The second kappa shape index (κ2) is 5.58. The largest absolute Gasteiger partial charge is 0.495 e. The van der Waals surface area contributed by atoms with Crippen molar-refractivity contribution in [2.45, 2.75) is 13.0 Å². The molecule has 0 aliphatic heterocycles. The Hall–Kier alpha value is -1.26. The molecular weight excluding hydrogens is 194 g/mol. The average Bonchev–Trinajstić information content (AvgIpc) is 2.26. The maximum absolute atomic E-state index is 9.20. The SMILES string of the molecule is COc1ccc(C)cc1NC[C@H](O)CO. The molecule has 0 fully saturated rings. The van der Waals surface area contributed by atoms with Crippen LogP contribution in [-0.2, 0) is 0 Å². The van der Waals surface area contributed by atoms with Crippen LogP contribution in [0.2, 0.25) is 0 Å². The summed E-state index contributed by atoms with van der Waals surface area (Å²) in [5.74, 6) is 0.728. The molecular formula is C11H17NO3. The van der Waals surface area contributed by atoms with Crippen molar-refractivity contribution in [1.29, 1.82) is 0 Å². The Morgan fingerprint density at radius 1 is 1.47 bits per heavy atom. The molecule has 0 spiro atoms. The molecule has 1 rings (SSSR count). The molecule has 0 saturated heterocycles. The summed E-state index contributed by atoms with van der Waals surface area (Å²) in [7, 11) is 1.60. The average molecular weight is 211 g/mol. The van der Waals surface area contributed by atoms with E-state index in [-0.39, 0.29) is 6.61 Å². The standard InChI is InChI=1S/C11H17NO3/c1-8-3-4-11(15-2)10(5-8)12-6-9(14)7-13/h3-5,9,12-14H,6-7H2,1-2H3/t9-/m0/s1. The fraction of sp³-hybridized carbons (Fsp3) is 0.455. The van der Waals surface area contributed by atoms with Gasteiger partial charge in [-0.15, -0.1) is 0 Å². The van der Waals surface area contributed by atoms with E-state index in [0.717, 1.165) is 17.0 Å². The van der Waals surface area contributed by atoms with Crippen LogP contribution in [0.5, 0.6) is 5.75 Å². The zero-order valence-electron chi connectivity index (χ0n) is 9.03. The molecule has 1 aromatic carbocycles. The van der Waals surface area contributed by atoms with Gasteiger partial charge in [-0.05, 0) is 24.6 Å². The van der Waals surface area contributed by atoms with Crippen molar-refractivity contribution in [3.8, 4) is 5.75 Å². The summed E-state index contributed by atoms with van der Waals surface area (Å²) < 4.78 is 5.16. The van der Waals surface area contributed by atoms with Crippen LogP contribution in [0.3, 0.4) is 0 Å². The van der Waals surface area contributed by atoms with Gasteiger partial charge in [-0.25, -0.2) is 0 Å². The lowest BCUT2D eigenvalue weighted by atomic mass is 10.2. The van der Waals surface area contributed by atoms with Crippen molar-refractivity contribution in [3.63, 3.8) is 0 Å². The number of hydrogen-bond acceptors (Lipinski definition) is 4. The first-order valence-electron chi connectivity index (χ1n) is 4.84. The van der Waals surface area contributed by atoms with E-state index in [2.05, 4.69) is 5.32 Å². The molecule has 0 aliphatic rings. The molecule has 0 aromatic heterocycles. The van der Waals surface area contributed by atoms with Crippen LogP contribution in [-0.4, -0.2) is 36.6 Å². The van der Waals surface area contributed by atoms with Gasteiger partial charge >= 0.3 is 0 Å². The van der Waals surface area contributed by atoms with Crippen LogP contribution in [0, 0.1) is 6.92 Å². The number of anilines is 1. The van der Waals surface area contributed by atoms with E-state index in [1.807, 2.05) is 25.1 Å². The van der Waals surface area contributed by atoms with Crippen LogP contribution in [0.1, 0.15) is 5.56 Å². The van der Waals surface area contributed by atoms with Crippen molar-refractivity contribution in [2.75, 3.05) is 25.6 Å². The van der Waals surface area contributed by atoms with Gasteiger partial charge in [0, 0.05) is 6.54 Å². The molecule has 0 bridgehead atoms. The monoisotopic (exact) mass is 211 g/mol. The minimum absolute atomic E-state index is 0.249. The lowest BCUT2D eigenvalue weighted by Gasteiger charge is -2.13. The Labute approximate surface area is 89.5 Å². The molecule has 0 heterocycles. The zero-order valence-corrected chi connectivity index (χ0v) is 9.03. The van der Waals surface area contributed by atoms with Gasteiger partial charge in [0.2, 0.25) is 0 Å². The number of methoxy groups -OCH3 is 1. The van der Waals surface area contributed by atoms with Gasteiger partial charge in [0.05, 0.1) is 25.5 Å². The first-order chi connectivity index (χ1) is 7.17. The minimum atomic E-state index is -0.754. The Bertz CT molecular complexity index is 315. The maximum atomic E-state index is 9.20. The first-order valence-corrected chi connectivity index (χ1v) is 4.84. The third kappa shape index (κ3) is 3.42. The fourth-order valence-electron chi connectivity index (χ4n) is 1.25. The summed E-state index contributed by atoms with van der Waals surface area (Å²) in [6, 6.07) is 5.75. The third-order valence-corrected chi connectivity index (χ3v) is 2.09. The van der Waals surface area contributed by atoms with Gasteiger partial charge < -0.3 is 20.3 Å². The molecule has 15 heavy (non-hydrogen) atoms. The molecule has 0 aliphatic carbocycles. The predicted molar refractivity (Wildman–Crippen MR) is 59.3 cm³/mol. The smallest absolute Gasteiger partial charge is 0.141 e. The number of rotatable bonds is 5. The van der Waals surface area contributed by atoms with Crippen molar-refractivity contribution in [2.24, 2.45) is 0 Å². The zero-order chi connectivity index (χ0) is 11.3. The Balaban J connectivity index is 2.69. The highest BCUT2D eigenvalue weighted by molar-refractivity contribution is 5.58. The molecule has 3 N–H and O–H groups in total. The van der Waals surface area contributed by atoms with E-state index in [4.69, 9.17) is 9.84 Å². The van der Waals surface area contributed by atoms with Crippen LogP contribution < -0.4 is 10.1 Å². The number of hydrogen-bond donors (Lipinski definition) is 3. The lowest BCUT2D eigenvalue weighted by molar-refractivity contribution is 0.105. The van der Waals surface area contributed by atoms with E-state index in [1.165, 1.54) is 0 Å². The van der Waals surface area contributed by atoms with E-state index >= 15 is 0 Å². The number of aliphatic hydroxyl groups is 2. The van der Waals surface area contributed by atoms with Gasteiger partial charge in [-0.2, -0.15) is 0 Å². The quantitative estimate of drug-likeness (QED) is 0.673. The molecule has 0 radical (unpaired) electrons. The highest BCUT2D eigenvalue weighted by Gasteiger charge is 2.05. The topological polar surface area (TPSA) is 61.7 Å². The predicted octanol–water partition coefficient (Wildman–Crippen LogP) is 0.769. The molecule has 84 valence electrons. The summed E-state index contributed by atoms with van der Waals surface area (Å²) >= 11 is 0. The molecule has 0 unspecified atom stereocenters.